The van der Waals surface area contributed by atoms with Crippen LogP contribution in [0.5, 0.6) is 0 Å². The minimum Gasteiger partial charge on any atom is -0.338 e. The lowest BCUT2D eigenvalue weighted by Gasteiger charge is -2.30. The predicted octanol–water partition coefficient (Wildman–Crippen LogP) is 2.11. The lowest BCUT2D eigenvalue weighted by Crippen LogP contribution is -2.41. The monoisotopic (exact) mass is 266 g/mol. The molecule has 2 heterocycles. The van der Waals surface area contributed by atoms with Crippen LogP contribution in [0.25, 0.3) is 0 Å². The van der Waals surface area contributed by atoms with Crippen molar-refractivity contribution in [2.45, 2.75) is 58.0 Å². The van der Waals surface area contributed by atoms with Crippen LogP contribution in [0, 0.1) is 0 Å². The summed E-state index contributed by atoms with van der Waals surface area (Å²) in [5, 5.41) is 7.68. The number of rotatable bonds is 3. The lowest BCUT2D eigenvalue weighted by atomic mass is 9.96. The van der Waals surface area contributed by atoms with Crippen LogP contribution in [-0.4, -0.2) is 41.2 Å². The molecule has 0 radical (unpaired) electrons. The first kappa shape index (κ1) is 14.5. The van der Waals surface area contributed by atoms with Crippen LogP contribution in [-0.2, 0) is 5.41 Å². The van der Waals surface area contributed by atoms with Gasteiger partial charge in [0.05, 0.1) is 6.04 Å². The van der Waals surface area contributed by atoms with Gasteiger partial charge in [-0.3, -0.25) is 0 Å². The first-order valence-electron chi connectivity index (χ1n) is 7.15. The third kappa shape index (κ3) is 3.76. The summed E-state index contributed by atoms with van der Waals surface area (Å²) in [4.78, 5) is 6.88. The van der Waals surface area contributed by atoms with Crippen molar-refractivity contribution in [1.82, 2.24) is 20.4 Å². The standard InChI is InChI=1S/C14H26N4O/c1-10(15-11-6-8-18(5)9-7-11)12-16-13(17-19-12)14(2,3)4/h10-11,15H,6-9H2,1-5H3. The Labute approximate surface area is 115 Å². The molecule has 1 aromatic heterocycles. The third-order valence-corrected chi connectivity index (χ3v) is 3.69. The summed E-state index contributed by atoms with van der Waals surface area (Å²) in [6.45, 7) is 10.7. The molecule has 2 rings (SSSR count). The molecule has 0 spiro atoms. The second-order valence-corrected chi connectivity index (χ2v) is 6.67. The number of likely N-dealkylation sites (tertiary alicyclic amines) is 1. The molecule has 1 aromatic rings. The zero-order valence-electron chi connectivity index (χ0n) is 12.7. The second kappa shape index (κ2) is 5.59. The maximum absolute atomic E-state index is 5.38. The van der Waals surface area contributed by atoms with Crippen molar-refractivity contribution in [3.8, 4) is 0 Å². The lowest BCUT2D eigenvalue weighted by molar-refractivity contribution is 0.217. The number of aromatic nitrogens is 2. The molecular weight excluding hydrogens is 240 g/mol. The topological polar surface area (TPSA) is 54.2 Å². The highest BCUT2D eigenvalue weighted by Gasteiger charge is 2.25. The van der Waals surface area contributed by atoms with Gasteiger partial charge in [0.15, 0.2) is 5.82 Å². The van der Waals surface area contributed by atoms with Gasteiger partial charge in [-0.15, -0.1) is 0 Å². The van der Waals surface area contributed by atoms with E-state index in [0.717, 1.165) is 18.9 Å². The molecule has 19 heavy (non-hydrogen) atoms. The van der Waals surface area contributed by atoms with Crippen molar-refractivity contribution in [2.75, 3.05) is 20.1 Å². The third-order valence-electron chi connectivity index (χ3n) is 3.69. The molecule has 1 fully saturated rings. The molecule has 0 amide bonds. The summed E-state index contributed by atoms with van der Waals surface area (Å²) < 4.78 is 5.38. The van der Waals surface area contributed by atoms with Gasteiger partial charge in [0.1, 0.15) is 0 Å². The predicted molar refractivity (Wildman–Crippen MR) is 75.1 cm³/mol. The van der Waals surface area contributed by atoms with E-state index in [1.165, 1.54) is 12.8 Å². The fourth-order valence-corrected chi connectivity index (χ4v) is 2.32. The van der Waals surface area contributed by atoms with Crippen molar-refractivity contribution in [3.05, 3.63) is 11.7 Å². The fourth-order valence-electron chi connectivity index (χ4n) is 2.32. The Morgan fingerprint density at radius 3 is 2.47 bits per heavy atom. The van der Waals surface area contributed by atoms with Gasteiger partial charge in [0, 0.05) is 11.5 Å². The summed E-state index contributed by atoms with van der Waals surface area (Å²) >= 11 is 0. The SMILES string of the molecule is CC(NC1CCN(C)CC1)c1nc(C(C)(C)C)no1. The number of hydrogen-bond acceptors (Lipinski definition) is 5. The Kier molecular flexibility index (Phi) is 4.26. The van der Waals surface area contributed by atoms with Crippen molar-refractivity contribution in [2.24, 2.45) is 0 Å². The molecule has 0 bridgehead atoms. The average molecular weight is 266 g/mol. The molecule has 5 heteroatoms. The van der Waals surface area contributed by atoms with Crippen molar-refractivity contribution >= 4 is 0 Å². The van der Waals surface area contributed by atoms with E-state index in [2.05, 4.69) is 55.1 Å². The van der Waals surface area contributed by atoms with Gasteiger partial charge in [0.25, 0.3) is 0 Å². The molecule has 0 aliphatic carbocycles. The van der Waals surface area contributed by atoms with Crippen LogP contribution in [0.1, 0.15) is 58.3 Å². The van der Waals surface area contributed by atoms with Crippen molar-refractivity contribution in [1.29, 1.82) is 0 Å². The Bertz CT molecular complexity index is 402. The maximum atomic E-state index is 5.38. The van der Waals surface area contributed by atoms with E-state index >= 15 is 0 Å². The van der Waals surface area contributed by atoms with E-state index in [9.17, 15) is 0 Å². The van der Waals surface area contributed by atoms with Gasteiger partial charge >= 0.3 is 0 Å². The zero-order chi connectivity index (χ0) is 14.0. The Hall–Kier alpha value is -0.940. The van der Waals surface area contributed by atoms with Gasteiger partial charge in [0.2, 0.25) is 5.89 Å². The normalized spacial score (nSPS) is 20.7. The van der Waals surface area contributed by atoms with E-state index in [4.69, 9.17) is 4.52 Å². The smallest absolute Gasteiger partial charge is 0.243 e. The van der Waals surface area contributed by atoms with Crippen LogP contribution >= 0.6 is 0 Å². The Balaban J connectivity index is 1.93. The van der Waals surface area contributed by atoms with Gasteiger partial charge in [-0.1, -0.05) is 25.9 Å². The second-order valence-electron chi connectivity index (χ2n) is 6.67. The summed E-state index contributed by atoms with van der Waals surface area (Å²) in [5.74, 6) is 1.48. The molecule has 1 N–H and O–H groups in total. The van der Waals surface area contributed by atoms with Gasteiger partial charge in [-0.2, -0.15) is 4.98 Å². The molecule has 0 saturated carbocycles. The van der Waals surface area contributed by atoms with Crippen LogP contribution in [0.3, 0.4) is 0 Å². The Morgan fingerprint density at radius 2 is 1.95 bits per heavy atom. The minimum atomic E-state index is -0.0605. The van der Waals surface area contributed by atoms with E-state index in [1.807, 2.05) is 0 Å². The number of hydrogen-bond donors (Lipinski definition) is 1. The molecule has 1 unspecified atom stereocenters. The van der Waals surface area contributed by atoms with Crippen LogP contribution in [0.15, 0.2) is 4.52 Å². The molecule has 108 valence electrons. The summed E-state index contributed by atoms with van der Waals surface area (Å²) in [6.07, 6.45) is 2.36. The molecule has 1 saturated heterocycles. The molecular formula is C14H26N4O. The zero-order valence-corrected chi connectivity index (χ0v) is 12.7. The first-order valence-corrected chi connectivity index (χ1v) is 7.15. The Morgan fingerprint density at radius 1 is 1.32 bits per heavy atom. The summed E-state index contributed by atoms with van der Waals surface area (Å²) in [7, 11) is 2.17. The highest BCUT2D eigenvalue weighted by Crippen LogP contribution is 2.21. The maximum Gasteiger partial charge on any atom is 0.243 e. The average Bonchev–Trinajstić information content (AvgIpc) is 2.81. The number of nitrogens with one attached hydrogen (secondary N) is 1. The highest BCUT2D eigenvalue weighted by atomic mass is 16.5. The first-order chi connectivity index (χ1) is 8.86. The molecule has 1 aliphatic heterocycles. The molecule has 5 nitrogen and oxygen atoms in total. The van der Waals surface area contributed by atoms with Crippen molar-refractivity contribution < 1.29 is 4.52 Å². The van der Waals surface area contributed by atoms with E-state index < -0.39 is 0 Å². The van der Waals surface area contributed by atoms with E-state index in [0.29, 0.717) is 11.9 Å². The van der Waals surface area contributed by atoms with Crippen LogP contribution < -0.4 is 5.32 Å². The number of piperidine rings is 1. The minimum absolute atomic E-state index is 0.0605. The van der Waals surface area contributed by atoms with Crippen LogP contribution in [0.2, 0.25) is 0 Å². The van der Waals surface area contributed by atoms with E-state index in [-0.39, 0.29) is 11.5 Å². The van der Waals surface area contributed by atoms with Crippen molar-refractivity contribution in [3.63, 3.8) is 0 Å². The van der Waals surface area contributed by atoms with Gasteiger partial charge < -0.3 is 14.7 Å². The summed E-state index contributed by atoms with van der Waals surface area (Å²) in [6, 6.07) is 0.674. The molecule has 1 atom stereocenters. The quantitative estimate of drug-likeness (QED) is 0.908. The summed E-state index contributed by atoms with van der Waals surface area (Å²) in [5.41, 5.74) is -0.0605. The molecule has 1 aliphatic rings. The molecule has 0 aromatic carbocycles. The number of nitrogens with zero attached hydrogens (tertiary/aromatic N) is 3. The van der Waals surface area contributed by atoms with Crippen LogP contribution in [0.4, 0.5) is 0 Å². The fraction of sp³-hybridized carbons (Fsp3) is 0.857. The van der Waals surface area contributed by atoms with Gasteiger partial charge in [-0.25, -0.2) is 0 Å². The largest absolute Gasteiger partial charge is 0.338 e. The van der Waals surface area contributed by atoms with Gasteiger partial charge in [-0.05, 0) is 39.9 Å². The highest BCUT2D eigenvalue weighted by molar-refractivity contribution is 5.02. The van der Waals surface area contributed by atoms with E-state index in [1.54, 1.807) is 0 Å².